The fourth-order valence-corrected chi connectivity index (χ4v) is 6.55. The van der Waals surface area contributed by atoms with Crippen LogP contribution in [0.3, 0.4) is 0 Å². The summed E-state index contributed by atoms with van der Waals surface area (Å²) in [5, 5.41) is 23.5. The number of unbranched alkanes of at least 4 members (excludes halogenated alkanes) is 1. The Bertz CT molecular complexity index is 2060. The number of urea groups is 1. The zero-order chi connectivity index (χ0) is 41.6. The number of hydrogen-bond acceptors (Lipinski definition) is 9. The van der Waals surface area contributed by atoms with Crippen LogP contribution >= 0.6 is 0 Å². The summed E-state index contributed by atoms with van der Waals surface area (Å²) in [6, 6.07) is 8.22. The molecule has 308 valence electrons. The molecule has 2 aromatic heterocycles. The number of carboxylic acids is 1. The number of piperazine rings is 1. The lowest BCUT2D eigenvalue weighted by Gasteiger charge is -2.35. The van der Waals surface area contributed by atoms with Crippen molar-refractivity contribution in [3.05, 3.63) is 81.7 Å². The summed E-state index contributed by atoms with van der Waals surface area (Å²) in [6.07, 6.45) is 6.51. The molecule has 1 fully saturated rings. The second-order valence-corrected chi connectivity index (χ2v) is 13.6. The zero-order valence-electron chi connectivity index (χ0n) is 33.3. The molecule has 57 heavy (non-hydrogen) atoms. The Morgan fingerprint density at radius 2 is 1.70 bits per heavy atom. The molecule has 4 aromatic rings. The quantitative estimate of drug-likeness (QED) is 0.0995. The molecule has 2 aromatic carbocycles. The molecule has 4 amide bonds. The highest BCUT2D eigenvalue weighted by atomic mass is 19.1. The van der Waals surface area contributed by atoms with E-state index in [9.17, 15) is 29.1 Å². The van der Waals surface area contributed by atoms with Gasteiger partial charge in [-0.15, -0.1) is 5.10 Å². The molecule has 0 bridgehead atoms. The lowest BCUT2D eigenvalue weighted by Crippen LogP contribution is -2.49. The minimum absolute atomic E-state index is 0.00705. The molecule has 0 aliphatic carbocycles. The first-order valence-corrected chi connectivity index (χ1v) is 19.5. The Kier molecular flexibility index (Phi) is 15.9. The summed E-state index contributed by atoms with van der Waals surface area (Å²) in [7, 11) is 0. The molecule has 1 saturated heterocycles. The van der Waals surface area contributed by atoms with Crippen LogP contribution in [0.1, 0.15) is 100 Å². The molecule has 0 spiro atoms. The molecular formula is C40H54FN9O7. The Morgan fingerprint density at radius 3 is 2.33 bits per heavy atom. The van der Waals surface area contributed by atoms with E-state index in [0.29, 0.717) is 55.8 Å². The number of hydrogen-bond donors (Lipinski definition) is 4. The number of nitrogens with zero attached hydrogens (tertiary/aromatic N) is 6. The third kappa shape index (κ3) is 11.3. The number of anilines is 2. The predicted molar refractivity (Wildman–Crippen MR) is 215 cm³/mol. The van der Waals surface area contributed by atoms with E-state index in [1.807, 2.05) is 13.8 Å². The normalized spacial score (nSPS) is 13.6. The van der Waals surface area contributed by atoms with Gasteiger partial charge in [-0.2, -0.15) is 0 Å². The van der Waals surface area contributed by atoms with E-state index >= 15 is 4.39 Å². The first-order chi connectivity index (χ1) is 27.4. The second-order valence-electron chi connectivity index (χ2n) is 13.6. The van der Waals surface area contributed by atoms with E-state index in [1.54, 1.807) is 57.6 Å². The van der Waals surface area contributed by atoms with Crippen molar-refractivity contribution in [2.24, 2.45) is 5.73 Å². The number of fused-ring (bicyclic) bond motifs is 1. The Balaban J connectivity index is 0.00000354. The van der Waals surface area contributed by atoms with E-state index in [2.05, 4.69) is 34.8 Å². The highest BCUT2D eigenvalue weighted by Crippen LogP contribution is 2.27. The Labute approximate surface area is 331 Å². The molecule has 5 N–H and O–H groups in total. The second kappa shape index (κ2) is 20.8. The fourth-order valence-electron chi connectivity index (χ4n) is 6.55. The molecule has 1 aliphatic heterocycles. The first-order valence-electron chi connectivity index (χ1n) is 19.5. The predicted octanol–water partition coefficient (Wildman–Crippen LogP) is 5.86. The molecule has 17 heteroatoms. The lowest BCUT2D eigenvalue weighted by molar-refractivity contribution is -0.119. The summed E-state index contributed by atoms with van der Waals surface area (Å²) in [5.41, 5.74) is 6.75. The van der Waals surface area contributed by atoms with Crippen molar-refractivity contribution in [2.45, 2.75) is 91.8 Å². The van der Waals surface area contributed by atoms with Gasteiger partial charge in [-0.1, -0.05) is 57.9 Å². The number of carbonyl (C=O) groups is 4. The van der Waals surface area contributed by atoms with E-state index in [1.165, 1.54) is 11.1 Å². The SMILES string of the molecule is CC.CCCC[C@H](C)c1cn([C@@H](CCCNC(N)=O)C(=O)Nc2ccc(COC(=O)N3CCN(c4cc5c(cc4F)c(=O)c(C(=O)O)cn5CC)CC3)cc2)nn1. The zero-order valence-corrected chi connectivity index (χ0v) is 33.3. The van der Waals surface area contributed by atoms with Gasteiger partial charge < -0.3 is 40.6 Å². The number of ether oxygens (including phenoxy) is 1. The standard InChI is InChI=1S/C38H48FN9O7.C2H6/c1-4-6-8-24(3)30-22-48(44-43-30)31(9-7-14-41-37(40)53)35(50)42-26-12-10-25(11-13-26)23-55-38(54)47-17-15-46(16-18-47)33-20-32-27(19-29(33)39)34(49)28(36(51)52)21-45(32)5-2;1-2/h10-13,19-22,24,31H,4-9,14-18,23H2,1-3H3,(H,42,50)(H,51,52)(H3,40,41,53);1-2H3/t24-,31-;/m0./s1. The summed E-state index contributed by atoms with van der Waals surface area (Å²) < 4.78 is 24.0. The van der Waals surface area contributed by atoms with Gasteiger partial charge in [0.15, 0.2) is 0 Å². The number of primary amides is 1. The van der Waals surface area contributed by atoms with Crippen LogP contribution in [-0.4, -0.2) is 86.3 Å². The van der Waals surface area contributed by atoms with Crippen molar-refractivity contribution < 1.29 is 33.4 Å². The maximum absolute atomic E-state index is 15.3. The van der Waals surface area contributed by atoms with Gasteiger partial charge in [0, 0.05) is 68.7 Å². The molecule has 0 unspecified atom stereocenters. The molecule has 5 rings (SSSR count). The molecule has 2 atom stereocenters. The van der Waals surface area contributed by atoms with Crippen LogP contribution < -0.4 is 26.7 Å². The molecule has 1 aliphatic rings. The highest BCUT2D eigenvalue weighted by molar-refractivity contribution is 5.94. The lowest BCUT2D eigenvalue weighted by atomic mass is 10.0. The minimum Gasteiger partial charge on any atom is -0.477 e. The van der Waals surface area contributed by atoms with Crippen LogP contribution in [0.4, 0.5) is 25.4 Å². The summed E-state index contributed by atoms with van der Waals surface area (Å²) in [4.78, 5) is 65.2. The maximum atomic E-state index is 15.3. The van der Waals surface area contributed by atoms with E-state index in [0.717, 1.165) is 31.0 Å². The number of halogens is 1. The number of amides is 4. The van der Waals surface area contributed by atoms with Crippen molar-refractivity contribution in [1.82, 2.24) is 29.8 Å². The molecule has 0 saturated carbocycles. The van der Waals surface area contributed by atoms with Crippen LogP contribution in [0, 0.1) is 5.82 Å². The van der Waals surface area contributed by atoms with Gasteiger partial charge in [0.2, 0.25) is 11.3 Å². The van der Waals surface area contributed by atoms with Crippen molar-refractivity contribution in [2.75, 3.05) is 42.9 Å². The number of nitrogens with two attached hydrogens (primary N) is 1. The first kappa shape index (κ1) is 43.7. The molecule has 0 radical (unpaired) electrons. The number of carbonyl (C=O) groups excluding carboxylic acids is 3. The van der Waals surface area contributed by atoms with Gasteiger partial charge in [-0.3, -0.25) is 9.59 Å². The largest absolute Gasteiger partial charge is 0.477 e. The average molecular weight is 792 g/mol. The Morgan fingerprint density at radius 1 is 1.00 bits per heavy atom. The number of benzene rings is 2. The number of pyridine rings is 1. The van der Waals surface area contributed by atoms with Crippen molar-refractivity contribution in [3.8, 4) is 0 Å². The maximum Gasteiger partial charge on any atom is 0.410 e. The Hall–Kier alpha value is -6.00. The average Bonchev–Trinajstić information content (AvgIpc) is 3.70. The van der Waals surface area contributed by atoms with Gasteiger partial charge in [0.05, 0.1) is 16.9 Å². The number of aromatic carboxylic acids is 1. The van der Waals surface area contributed by atoms with Crippen molar-refractivity contribution in [1.29, 1.82) is 0 Å². The third-order valence-corrected chi connectivity index (χ3v) is 9.78. The topological polar surface area (TPSA) is 207 Å². The minimum atomic E-state index is -1.37. The monoisotopic (exact) mass is 791 g/mol. The van der Waals surface area contributed by atoms with E-state index < -0.39 is 40.9 Å². The van der Waals surface area contributed by atoms with E-state index in [-0.39, 0.29) is 42.6 Å². The number of aryl methyl sites for hydroxylation is 1. The van der Waals surface area contributed by atoms with Crippen LogP contribution in [-0.2, 0) is 22.7 Å². The summed E-state index contributed by atoms with van der Waals surface area (Å²) in [6.45, 7) is 11.8. The van der Waals surface area contributed by atoms with E-state index in [4.69, 9.17) is 10.5 Å². The number of nitrogens with one attached hydrogen (secondary N) is 2. The van der Waals surface area contributed by atoms with Gasteiger partial charge in [0.1, 0.15) is 24.0 Å². The third-order valence-electron chi connectivity index (χ3n) is 9.78. The molecule has 3 heterocycles. The van der Waals surface area contributed by atoms with Crippen LogP contribution in [0.5, 0.6) is 0 Å². The summed E-state index contributed by atoms with van der Waals surface area (Å²) in [5.74, 6) is -2.13. The number of carboxylic acid groups (broad SMARTS) is 1. The van der Waals surface area contributed by atoms with Gasteiger partial charge in [-0.25, -0.2) is 23.5 Å². The van der Waals surface area contributed by atoms with Gasteiger partial charge in [-0.05, 0) is 56.0 Å². The fraction of sp³-hybridized carbons (Fsp3) is 0.475. The van der Waals surface area contributed by atoms with Crippen molar-refractivity contribution in [3.63, 3.8) is 0 Å². The van der Waals surface area contributed by atoms with Gasteiger partial charge in [0.25, 0.3) is 0 Å². The highest BCUT2D eigenvalue weighted by Gasteiger charge is 2.26. The molecular weight excluding hydrogens is 737 g/mol. The van der Waals surface area contributed by atoms with Crippen LogP contribution in [0.15, 0.2) is 53.6 Å². The molecule has 16 nitrogen and oxygen atoms in total. The summed E-state index contributed by atoms with van der Waals surface area (Å²) >= 11 is 0. The van der Waals surface area contributed by atoms with Gasteiger partial charge >= 0.3 is 18.1 Å². The smallest absolute Gasteiger partial charge is 0.410 e. The van der Waals surface area contributed by atoms with Crippen molar-refractivity contribution >= 4 is 46.3 Å². The van der Waals surface area contributed by atoms with Crippen LogP contribution in [0.2, 0.25) is 0 Å². The number of rotatable bonds is 16. The van der Waals surface area contributed by atoms with Crippen LogP contribution in [0.25, 0.3) is 10.9 Å². The number of aromatic nitrogens is 4.